The molecule has 1 aromatic heterocycles. The number of anilines is 1. The molecule has 1 aliphatic rings. The van der Waals surface area contributed by atoms with Crippen LogP contribution in [0.25, 0.3) is 22.0 Å². The topological polar surface area (TPSA) is 84.1 Å². The molecular weight excluding hydrogens is 386 g/mol. The van der Waals surface area contributed by atoms with Gasteiger partial charge in [-0.05, 0) is 47.0 Å². The average Bonchev–Trinajstić information content (AvgIpc) is 3.23. The molecule has 0 saturated carbocycles. The molecule has 0 spiro atoms. The van der Waals surface area contributed by atoms with Crippen molar-refractivity contribution in [2.75, 3.05) is 12.8 Å². The Morgan fingerprint density at radius 2 is 1.71 bits per heavy atom. The lowest BCUT2D eigenvalue weighted by atomic mass is 9.97. The molecular formula is C25H23N5O. The lowest BCUT2D eigenvalue weighted by Gasteiger charge is -2.17. The van der Waals surface area contributed by atoms with Gasteiger partial charge in [-0.1, -0.05) is 54.6 Å². The number of carbonyl (C=O) groups excluding carboxylic acids is 1. The van der Waals surface area contributed by atoms with Gasteiger partial charge in [0.2, 0.25) is 5.95 Å². The van der Waals surface area contributed by atoms with Gasteiger partial charge < -0.3 is 16.0 Å². The molecule has 6 nitrogen and oxygen atoms in total. The van der Waals surface area contributed by atoms with Crippen LogP contribution in [-0.4, -0.2) is 27.8 Å². The summed E-state index contributed by atoms with van der Waals surface area (Å²) in [7, 11) is 1.93. The molecule has 154 valence electrons. The van der Waals surface area contributed by atoms with Crippen molar-refractivity contribution in [3.8, 4) is 11.1 Å². The molecule has 2 heterocycles. The predicted octanol–water partition coefficient (Wildman–Crippen LogP) is 3.75. The van der Waals surface area contributed by atoms with E-state index in [1.54, 1.807) is 0 Å². The van der Waals surface area contributed by atoms with E-state index in [1.165, 1.54) is 16.7 Å². The van der Waals surface area contributed by atoms with Gasteiger partial charge in [-0.3, -0.25) is 4.79 Å². The van der Waals surface area contributed by atoms with Gasteiger partial charge in [0.15, 0.2) is 0 Å². The number of rotatable bonds is 4. The highest BCUT2D eigenvalue weighted by Gasteiger charge is 2.27. The average molecular weight is 409 g/mol. The van der Waals surface area contributed by atoms with Crippen molar-refractivity contribution >= 4 is 22.8 Å². The fourth-order valence-corrected chi connectivity index (χ4v) is 4.25. The van der Waals surface area contributed by atoms with Crippen LogP contribution in [0.5, 0.6) is 0 Å². The molecule has 0 unspecified atom stereocenters. The number of carbonyl (C=O) groups is 1. The van der Waals surface area contributed by atoms with E-state index in [4.69, 9.17) is 5.73 Å². The van der Waals surface area contributed by atoms with Crippen LogP contribution >= 0.6 is 0 Å². The van der Waals surface area contributed by atoms with Gasteiger partial charge in [0.1, 0.15) is 5.69 Å². The third kappa shape index (κ3) is 3.51. The van der Waals surface area contributed by atoms with Crippen molar-refractivity contribution in [1.82, 2.24) is 20.2 Å². The summed E-state index contributed by atoms with van der Waals surface area (Å²) in [4.78, 5) is 24.0. The Kier molecular flexibility index (Phi) is 4.84. The van der Waals surface area contributed by atoms with Crippen molar-refractivity contribution in [1.29, 1.82) is 0 Å². The molecule has 0 saturated heterocycles. The first kappa shape index (κ1) is 19.2. The van der Waals surface area contributed by atoms with Gasteiger partial charge in [-0.15, -0.1) is 0 Å². The predicted molar refractivity (Wildman–Crippen MR) is 122 cm³/mol. The molecule has 0 bridgehead atoms. The van der Waals surface area contributed by atoms with Crippen LogP contribution < -0.4 is 11.1 Å². The number of nitrogen functional groups attached to an aromatic ring is 1. The van der Waals surface area contributed by atoms with Crippen molar-refractivity contribution in [2.45, 2.75) is 19.6 Å². The van der Waals surface area contributed by atoms with Crippen molar-refractivity contribution in [3.05, 3.63) is 89.1 Å². The van der Waals surface area contributed by atoms with Crippen LogP contribution in [0.2, 0.25) is 0 Å². The van der Waals surface area contributed by atoms with Gasteiger partial charge in [0.05, 0.1) is 5.52 Å². The van der Waals surface area contributed by atoms with Crippen LogP contribution in [0.1, 0.15) is 27.2 Å². The minimum absolute atomic E-state index is 0.107. The highest BCUT2D eigenvalue weighted by molar-refractivity contribution is 6.05. The van der Waals surface area contributed by atoms with E-state index in [-0.39, 0.29) is 11.9 Å². The molecule has 0 aliphatic carbocycles. The second-order valence-electron chi connectivity index (χ2n) is 7.78. The fraction of sp³-hybridized carbons (Fsp3) is 0.160. The fourth-order valence-electron chi connectivity index (χ4n) is 4.25. The van der Waals surface area contributed by atoms with E-state index in [2.05, 4.69) is 39.6 Å². The van der Waals surface area contributed by atoms with E-state index in [9.17, 15) is 4.79 Å². The van der Waals surface area contributed by atoms with Crippen LogP contribution in [0, 0.1) is 0 Å². The summed E-state index contributed by atoms with van der Waals surface area (Å²) in [6.45, 7) is 1.90. The number of nitrogens with two attached hydrogens (primary N) is 1. The Morgan fingerprint density at radius 3 is 2.45 bits per heavy atom. The number of amides is 1. The number of nitrogens with zero attached hydrogens (tertiary/aromatic N) is 3. The van der Waals surface area contributed by atoms with E-state index >= 15 is 0 Å². The van der Waals surface area contributed by atoms with Gasteiger partial charge >= 0.3 is 0 Å². The first-order valence-corrected chi connectivity index (χ1v) is 10.3. The zero-order valence-electron chi connectivity index (χ0n) is 17.3. The minimum Gasteiger partial charge on any atom is -0.368 e. The van der Waals surface area contributed by atoms with Gasteiger partial charge in [-0.2, -0.15) is 0 Å². The van der Waals surface area contributed by atoms with Crippen LogP contribution in [0.4, 0.5) is 5.95 Å². The first-order chi connectivity index (χ1) is 15.1. The van der Waals surface area contributed by atoms with Gasteiger partial charge in [-0.25, -0.2) is 9.97 Å². The Hall–Kier alpha value is -3.77. The Bertz CT molecular complexity index is 1280. The molecule has 3 N–H and O–H groups in total. The van der Waals surface area contributed by atoms with Crippen molar-refractivity contribution in [3.63, 3.8) is 0 Å². The Balaban J connectivity index is 1.59. The van der Waals surface area contributed by atoms with Crippen LogP contribution in [-0.2, 0) is 19.6 Å². The van der Waals surface area contributed by atoms with E-state index in [1.807, 2.05) is 54.4 Å². The second-order valence-corrected chi connectivity index (χ2v) is 7.78. The SMILES string of the molecule is CNCc1ccccc1-c1ccc2nc(N)nc(C(=O)N3Cc4ccccc4C3)c2c1. The van der Waals surface area contributed by atoms with Gasteiger partial charge in [0.25, 0.3) is 5.91 Å². The summed E-state index contributed by atoms with van der Waals surface area (Å²) in [5.41, 5.74) is 12.6. The Morgan fingerprint density at radius 1 is 1.00 bits per heavy atom. The minimum atomic E-state index is -0.129. The molecule has 3 aromatic carbocycles. The third-order valence-corrected chi connectivity index (χ3v) is 5.74. The summed E-state index contributed by atoms with van der Waals surface area (Å²) in [5, 5.41) is 3.93. The number of nitrogens with one attached hydrogen (secondary N) is 1. The van der Waals surface area contributed by atoms with Crippen molar-refractivity contribution in [2.24, 2.45) is 0 Å². The summed E-state index contributed by atoms with van der Waals surface area (Å²) >= 11 is 0. The van der Waals surface area contributed by atoms with E-state index < -0.39 is 0 Å². The number of fused-ring (bicyclic) bond motifs is 2. The van der Waals surface area contributed by atoms with Gasteiger partial charge in [0, 0.05) is 25.0 Å². The zero-order chi connectivity index (χ0) is 21.4. The smallest absolute Gasteiger partial charge is 0.273 e. The molecule has 0 atom stereocenters. The largest absolute Gasteiger partial charge is 0.368 e. The maximum absolute atomic E-state index is 13.5. The summed E-state index contributed by atoms with van der Waals surface area (Å²) in [5.74, 6) is -0.0214. The van der Waals surface area contributed by atoms with E-state index in [0.29, 0.717) is 29.7 Å². The first-order valence-electron chi connectivity index (χ1n) is 10.3. The van der Waals surface area contributed by atoms with E-state index in [0.717, 1.165) is 17.7 Å². The zero-order valence-corrected chi connectivity index (χ0v) is 17.3. The maximum Gasteiger partial charge on any atom is 0.273 e. The number of hydrogen-bond donors (Lipinski definition) is 2. The third-order valence-electron chi connectivity index (χ3n) is 5.74. The molecule has 1 aliphatic heterocycles. The molecule has 0 radical (unpaired) electrons. The summed E-state index contributed by atoms with van der Waals surface area (Å²) < 4.78 is 0. The molecule has 31 heavy (non-hydrogen) atoms. The molecule has 6 heteroatoms. The maximum atomic E-state index is 13.5. The lowest BCUT2D eigenvalue weighted by molar-refractivity contribution is 0.0747. The quantitative estimate of drug-likeness (QED) is 0.536. The number of aromatic nitrogens is 2. The number of benzene rings is 3. The summed E-state index contributed by atoms with van der Waals surface area (Å²) in [6, 6.07) is 22.3. The number of hydrogen-bond acceptors (Lipinski definition) is 5. The monoisotopic (exact) mass is 409 g/mol. The van der Waals surface area contributed by atoms with Crippen molar-refractivity contribution < 1.29 is 4.79 Å². The Labute approximate surface area is 180 Å². The normalized spacial score (nSPS) is 12.9. The van der Waals surface area contributed by atoms with Crippen LogP contribution in [0.3, 0.4) is 0 Å². The second kappa shape index (κ2) is 7.81. The molecule has 0 fully saturated rings. The lowest BCUT2D eigenvalue weighted by Crippen LogP contribution is -2.27. The molecule has 5 rings (SSSR count). The molecule has 4 aromatic rings. The highest BCUT2D eigenvalue weighted by Crippen LogP contribution is 2.30. The van der Waals surface area contributed by atoms with Crippen LogP contribution in [0.15, 0.2) is 66.7 Å². The standard InChI is InChI=1S/C25H23N5O/c1-27-13-17-6-4-5-9-20(17)16-10-11-22-21(12-16)23(29-25(26)28-22)24(31)30-14-18-7-2-3-8-19(18)15-30/h2-12,27H,13-15H2,1H3,(H2,26,28,29). The summed E-state index contributed by atoms with van der Waals surface area (Å²) in [6.07, 6.45) is 0. The molecule has 1 amide bonds. The highest BCUT2D eigenvalue weighted by atomic mass is 16.2.